The highest BCUT2D eigenvalue weighted by atomic mass is 14.1. The lowest BCUT2D eigenvalue weighted by Gasteiger charge is -2.15. The molecule has 0 nitrogen and oxygen atoms in total. The van der Waals surface area contributed by atoms with Crippen molar-refractivity contribution in [3.05, 3.63) is 0 Å². The average Bonchev–Trinajstić information content (AvgIpc) is 2.33. The fraction of sp³-hybridized carbons (Fsp3) is 1.00. The Bertz CT molecular complexity index is 107. The lowest BCUT2D eigenvalue weighted by molar-refractivity contribution is 0.619. The fourth-order valence-corrected chi connectivity index (χ4v) is 2.26. The summed E-state index contributed by atoms with van der Waals surface area (Å²) < 4.78 is 0. The van der Waals surface area contributed by atoms with Gasteiger partial charge in [-0.15, -0.1) is 0 Å². The first-order chi connectivity index (χ1) is 5.11. The first-order valence-corrected chi connectivity index (χ1v) is 5.11. The van der Waals surface area contributed by atoms with Crippen LogP contribution < -0.4 is 0 Å². The Hall–Kier alpha value is 0.130. The quantitative estimate of drug-likeness (QED) is 0.528. The SMILES string of the molecule is CC(C)C1BCC(C(C)C)B1. The summed E-state index contributed by atoms with van der Waals surface area (Å²) in [6.07, 6.45) is 1.49. The number of hydrogen-bond acceptors (Lipinski definition) is 0. The van der Waals surface area contributed by atoms with Gasteiger partial charge >= 0.3 is 0 Å². The van der Waals surface area contributed by atoms with E-state index in [-0.39, 0.29) is 0 Å². The van der Waals surface area contributed by atoms with Gasteiger partial charge in [-0.25, -0.2) is 0 Å². The maximum Gasteiger partial charge on any atom is 0.119 e. The van der Waals surface area contributed by atoms with Crippen LogP contribution in [0.15, 0.2) is 0 Å². The molecule has 0 N–H and O–H groups in total. The molecular weight excluding hydrogens is 130 g/mol. The molecule has 0 aromatic heterocycles. The molecule has 11 heavy (non-hydrogen) atoms. The molecule has 2 atom stereocenters. The molecule has 1 fully saturated rings. The molecule has 2 heteroatoms. The van der Waals surface area contributed by atoms with E-state index in [0.717, 1.165) is 23.4 Å². The largest absolute Gasteiger partial charge is 0.119 e. The van der Waals surface area contributed by atoms with Crippen molar-refractivity contribution in [1.29, 1.82) is 0 Å². The lowest BCUT2D eigenvalue weighted by Crippen LogP contribution is -2.11. The van der Waals surface area contributed by atoms with Crippen molar-refractivity contribution >= 4 is 14.6 Å². The Morgan fingerprint density at radius 2 is 1.73 bits per heavy atom. The molecule has 0 amide bonds. The topological polar surface area (TPSA) is 0 Å². The van der Waals surface area contributed by atoms with Crippen LogP contribution in [0, 0.1) is 11.8 Å². The van der Waals surface area contributed by atoms with Crippen LogP contribution in [0.5, 0.6) is 0 Å². The first-order valence-electron chi connectivity index (χ1n) is 5.11. The van der Waals surface area contributed by atoms with Crippen LogP contribution >= 0.6 is 0 Å². The normalized spacial score (nSPS) is 30.7. The van der Waals surface area contributed by atoms with Crippen LogP contribution in [0.3, 0.4) is 0 Å². The van der Waals surface area contributed by atoms with Crippen molar-refractivity contribution < 1.29 is 0 Å². The summed E-state index contributed by atoms with van der Waals surface area (Å²) >= 11 is 0. The number of rotatable bonds is 2. The zero-order valence-electron chi connectivity index (χ0n) is 8.43. The minimum atomic E-state index is 0.916. The van der Waals surface area contributed by atoms with E-state index in [0.29, 0.717) is 0 Å². The van der Waals surface area contributed by atoms with Gasteiger partial charge in [0.15, 0.2) is 0 Å². The summed E-state index contributed by atoms with van der Waals surface area (Å²) in [6.45, 7) is 9.47. The van der Waals surface area contributed by atoms with Crippen LogP contribution in [0.4, 0.5) is 0 Å². The first kappa shape index (κ1) is 9.22. The Morgan fingerprint density at radius 3 is 2.00 bits per heavy atom. The highest BCUT2D eigenvalue weighted by molar-refractivity contribution is 6.65. The van der Waals surface area contributed by atoms with Crippen LogP contribution in [-0.2, 0) is 0 Å². The summed E-state index contributed by atoms with van der Waals surface area (Å²) in [7, 11) is 2.98. The second-order valence-electron chi connectivity index (χ2n) is 4.82. The third-order valence-electron chi connectivity index (χ3n) is 3.40. The molecule has 0 spiro atoms. The molecular formula is C9H20B2. The average molecular weight is 150 g/mol. The van der Waals surface area contributed by atoms with Crippen LogP contribution in [0.1, 0.15) is 27.7 Å². The maximum atomic E-state index is 2.37. The lowest BCUT2D eigenvalue weighted by atomic mass is 9.47. The van der Waals surface area contributed by atoms with Gasteiger partial charge < -0.3 is 0 Å². The third kappa shape index (κ3) is 2.28. The molecule has 62 valence electrons. The summed E-state index contributed by atoms with van der Waals surface area (Å²) in [4.78, 5) is 0. The molecule has 0 aromatic carbocycles. The van der Waals surface area contributed by atoms with Gasteiger partial charge in [-0.1, -0.05) is 57.4 Å². The molecule has 0 aliphatic carbocycles. The molecule has 0 bridgehead atoms. The van der Waals surface area contributed by atoms with E-state index >= 15 is 0 Å². The van der Waals surface area contributed by atoms with Gasteiger partial charge in [-0.05, 0) is 0 Å². The van der Waals surface area contributed by atoms with Crippen molar-refractivity contribution in [1.82, 2.24) is 0 Å². The molecule has 0 radical (unpaired) electrons. The van der Waals surface area contributed by atoms with E-state index in [4.69, 9.17) is 0 Å². The number of hydrogen-bond donors (Lipinski definition) is 0. The monoisotopic (exact) mass is 150 g/mol. The van der Waals surface area contributed by atoms with E-state index in [2.05, 4.69) is 27.7 Å². The third-order valence-corrected chi connectivity index (χ3v) is 3.40. The van der Waals surface area contributed by atoms with Crippen molar-refractivity contribution in [2.45, 2.75) is 45.5 Å². The molecule has 1 aliphatic heterocycles. The standard InChI is InChI=1S/C9H20B2/c1-6(2)8-5-10-9(11-8)7(3)4/h6-11H,5H2,1-4H3. The van der Waals surface area contributed by atoms with E-state index in [9.17, 15) is 0 Å². The summed E-state index contributed by atoms with van der Waals surface area (Å²) in [5, 5.41) is 0. The van der Waals surface area contributed by atoms with Crippen molar-refractivity contribution in [3.8, 4) is 0 Å². The van der Waals surface area contributed by atoms with E-state index < -0.39 is 0 Å². The van der Waals surface area contributed by atoms with Gasteiger partial charge in [0.1, 0.15) is 14.6 Å². The summed E-state index contributed by atoms with van der Waals surface area (Å²) in [5.41, 5.74) is 1.03. The van der Waals surface area contributed by atoms with Gasteiger partial charge in [0, 0.05) is 0 Å². The summed E-state index contributed by atoms with van der Waals surface area (Å²) in [6, 6.07) is 0. The minimum Gasteiger partial charge on any atom is -0.0868 e. The highest BCUT2D eigenvalue weighted by Crippen LogP contribution is 2.36. The van der Waals surface area contributed by atoms with Crippen molar-refractivity contribution in [3.63, 3.8) is 0 Å². The molecule has 1 saturated heterocycles. The van der Waals surface area contributed by atoms with Gasteiger partial charge in [-0.2, -0.15) is 0 Å². The predicted molar refractivity (Wildman–Crippen MR) is 56.3 cm³/mol. The maximum absolute atomic E-state index is 2.37. The van der Waals surface area contributed by atoms with Crippen molar-refractivity contribution in [2.75, 3.05) is 0 Å². The minimum absolute atomic E-state index is 0.916. The van der Waals surface area contributed by atoms with Gasteiger partial charge in [0.25, 0.3) is 0 Å². The molecule has 1 aliphatic rings. The van der Waals surface area contributed by atoms with Gasteiger partial charge in [0.2, 0.25) is 0 Å². The van der Waals surface area contributed by atoms with E-state index in [1.165, 1.54) is 20.9 Å². The Kier molecular flexibility index (Phi) is 3.09. The van der Waals surface area contributed by atoms with Crippen LogP contribution in [0.2, 0.25) is 17.9 Å². The molecule has 0 saturated carbocycles. The second kappa shape index (κ2) is 3.69. The van der Waals surface area contributed by atoms with E-state index in [1.807, 2.05) is 0 Å². The fourth-order valence-electron chi connectivity index (χ4n) is 2.26. The summed E-state index contributed by atoms with van der Waals surface area (Å²) in [5.74, 6) is 2.86. The Morgan fingerprint density at radius 1 is 1.09 bits per heavy atom. The van der Waals surface area contributed by atoms with Crippen molar-refractivity contribution in [2.24, 2.45) is 11.8 Å². The zero-order valence-corrected chi connectivity index (χ0v) is 8.43. The highest BCUT2D eigenvalue weighted by Gasteiger charge is 2.30. The van der Waals surface area contributed by atoms with Gasteiger partial charge in [-0.3, -0.25) is 0 Å². The molecule has 1 heterocycles. The Balaban J connectivity index is 2.35. The van der Waals surface area contributed by atoms with Gasteiger partial charge in [0.05, 0.1) is 0 Å². The molecule has 1 rings (SSSR count). The Labute approximate surface area is 72.6 Å². The predicted octanol–water partition coefficient (Wildman–Crippen LogP) is 2.14. The zero-order chi connectivity index (χ0) is 8.43. The second-order valence-corrected chi connectivity index (χ2v) is 4.82. The van der Waals surface area contributed by atoms with E-state index in [1.54, 1.807) is 0 Å². The molecule has 0 aromatic rings. The van der Waals surface area contributed by atoms with Crippen LogP contribution in [-0.4, -0.2) is 14.6 Å². The van der Waals surface area contributed by atoms with Crippen LogP contribution in [0.25, 0.3) is 0 Å². The molecule has 2 unspecified atom stereocenters. The smallest absolute Gasteiger partial charge is 0.0868 e.